The molecule has 0 saturated carbocycles. The summed E-state index contributed by atoms with van der Waals surface area (Å²) in [4.78, 5) is 3.20. The summed E-state index contributed by atoms with van der Waals surface area (Å²) in [5, 5.41) is 8.84. The van der Waals surface area contributed by atoms with Crippen molar-refractivity contribution < 1.29 is 0 Å². The fraction of sp³-hybridized carbons (Fsp3) is 0.455. The van der Waals surface area contributed by atoms with Crippen LogP contribution in [0.4, 0.5) is 0 Å². The first kappa shape index (κ1) is 9.42. The van der Waals surface area contributed by atoms with E-state index >= 15 is 0 Å². The van der Waals surface area contributed by atoms with Crippen LogP contribution in [-0.2, 0) is 6.42 Å². The number of hydrogen-bond acceptors (Lipinski definition) is 2. The van der Waals surface area contributed by atoms with E-state index in [-0.39, 0.29) is 0 Å². The van der Waals surface area contributed by atoms with Gasteiger partial charge >= 0.3 is 0 Å². The van der Waals surface area contributed by atoms with Gasteiger partial charge in [0.1, 0.15) is 10.7 Å². The molecule has 1 aliphatic carbocycles. The molecular formula is C11H12N2S. The number of nitriles is 1. The third-order valence-corrected chi connectivity index (χ3v) is 3.26. The average Bonchev–Trinajstić information content (AvgIpc) is 2.58. The van der Waals surface area contributed by atoms with E-state index in [2.05, 4.69) is 18.0 Å². The van der Waals surface area contributed by atoms with Crippen molar-refractivity contribution >= 4 is 12.2 Å². The van der Waals surface area contributed by atoms with Crippen molar-refractivity contribution in [2.24, 2.45) is 0 Å². The van der Waals surface area contributed by atoms with Crippen LogP contribution in [0.2, 0.25) is 0 Å². The molecule has 1 aliphatic rings. The Labute approximate surface area is 88.6 Å². The van der Waals surface area contributed by atoms with Crippen molar-refractivity contribution in [3.63, 3.8) is 0 Å². The lowest BCUT2D eigenvalue weighted by molar-refractivity contribution is 0.642. The summed E-state index contributed by atoms with van der Waals surface area (Å²) in [6.45, 7) is 2.19. The maximum absolute atomic E-state index is 8.84. The molecule has 2 rings (SSSR count). The Hall–Kier alpha value is -1.14. The van der Waals surface area contributed by atoms with Crippen molar-refractivity contribution in [1.82, 2.24) is 4.98 Å². The zero-order chi connectivity index (χ0) is 10.1. The van der Waals surface area contributed by atoms with Gasteiger partial charge in [0.15, 0.2) is 0 Å². The molecule has 0 aliphatic heterocycles. The predicted molar refractivity (Wildman–Crippen MR) is 57.7 cm³/mol. The van der Waals surface area contributed by atoms with Gasteiger partial charge in [-0.15, -0.1) is 0 Å². The number of H-pyrrole nitrogens is 1. The molecule has 0 saturated heterocycles. The highest BCUT2D eigenvalue weighted by molar-refractivity contribution is 7.71. The van der Waals surface area contributed by atoms with E-state index in [1.807, 2.05) is 6.07 Å². The van der Waals surface area contributed by atoms with Gasteiger partial charge in [0, 0.05) is 5.69 Å². The van der Waals surface area contributed by atoms with E-state index in [1.165, 1.54) is 17.7 Å². The number of aromatic nitrogens is 1. The fourth-order valence-electron chi connectivity index (χ4n) is 2.12. The minimum atomic E-state index is 0.589. The first-order chi connectivity index (χ1) is 6.76. The van der Waals surface area contributed by atoms with Crippen LogP contribution in [0.15, 0.2) is 6.07 Å². The third kappa shape index (κ3) is 1.36. The minimum Gasteiger partial charge on any atom is -0.348 e. The summed E-state index contributed by atoms with van der Waals surface area (Å²) in [5.41, 5.74) is 3.15. The molecule has 1 unspecified atom stereocenters. The molecule has 14 heavy (non-hydrogen) atoms. The summed E-state index contributed by atoms with van der Waals surface area (Å²) in [5.74, 6) is 0.611. The van der Waals surface area contributed by atoms with Gasteiger partial charge in [-0.3, -0.25) is 0 Å². The van der Waals surface area contributed by atoms with Gasteiger partial charge in [0.25, 0.3) is 0 Å². The van der Waals surface area contributed by atoms with Gasteiger partial charge in [-0.25, -0.2) is 0 Å². The van der Waals surface area contributed by atoms with E-state index < -0.39 is 0 Å². The molecule has 1 aromatic heterocycles. The fourth-order valence-corrected chi connectivity index (χ4v) is 2.34. The molecule has 0 fully saturated rings. The van der Waals surface area contributed by atoms with Gasteiger partial charge in [-0.05, 0) is 36.8 Å². The van der Waals surface area contributed by atoms with Crippen LogP contribution < -0.4 is 0 Å². The summed E-state index contributed by atoms with van der Waals surface area (Å²) in [7, 11) is 0. The number of nitrogens with one attached hydrogen (secondary N) is 1. The minimum absolute atomic E-state index is 0.589. The molecule has 0 aromatic carbocycles. The number of fused-ring (bicyclic) bond motifs is 1. The summed E-state index contributed by atoms with van der Waals surface area (Å²) >= 11 is 5.12. The maximum Gasteiger partial charge on any atom is 0.121 e. The SMILES string of the molecule is CCC1CCc2cc(C#N)c(=S)[nH]c21. The predicted octanol–water partition coefficient (Wildman–Crippen LogP) is 3.06. The molecule has 0 bridgehead atoms. The lowest BCUT2D eigenvalue weighted by Crippen LogP contribution is -1.96. The molecule has 0 amide bonds. The van der Waals surface area contributed by atoms with Gasteiger partial charge in [0.2, 0.25) is 0 Å². The molecule has 0 radical (unpaired) electrons. The zero-order valence-corrected chi connectivity index (χ0v) is 8.95. The van der Waals surface area contributed by atoms with Crippen LogP contribution in [0.5, 0.6) is 0 Å². The first-order valence-electron chi connectivity index (χ1n) is 4.92. The van der Waals surface area contributed by atoms with Crippen LogP contribution in [0.3, 0.4) is 0 Å². The van der Waals surface area contributed by atoms with E-state index in [9.17, 15) is 0 Å². The average molecular weight is 204 g/mol. The highest BCUT2D eigenvalue weighted by Gasteiger charge is 2.22. The zero-order valence-electron chi connectivity index (χ0n) is 8.13. The quantitative estimate of drug-likeness (QED) is 0.714. The van der Waals surface area contributed by atoms with Crippen molar-refractivity contribution in [3.8, 4) is 6.07 Å². The van der Waals surface area contributed by atoms with E-state index in [1.54, 1.807) is 0 Å². The monoisotopic (exact) mass is 204 g/mol. The Balaban J connectivity index is 2.56. The number of rotatable bonds is 1. The number of aryl methyl sites for hydroxylation is 1. The molecular weight excluding hydrogens is 192 g/mol. The second-order valence-corrected chi connectivity index (χ2v) is 4.11. The van der Waals surface area contributed by atoms with Crippen LogP contribution in [0.1, 0.15) is 42.5 Å². The van der Waals surface area contributed by atoms with E-state index in [0.29, 0.717) is 16.1 Å². The first-order valence-corrected chi connectivity index (χ1v) is 5.33. The van der Waals surface area contributed by atoms with Crippen molar-refractivity contribution in [1.29, 1.82) is 5.26 Å². The Bertz CT molecular complexity index is 453. The lowest BCUT2D eigenvalue weighted by atomic mass is 10.0. The van der Waals surface area contributed by atoms with Gasteiger partial charge < -0.3 is 4.98 Å². The van der Waals surface area contributed by atoms with Gasteiger partial charge in [0.05, 0.1) is 5.56 Å². The largest absolute Gasteiger partial charge is 0.348 e. The smallest absolute Gasteiger partial charge is 0.121 e. The molecule has 2 nitrogen and oxygen atoms in total. The third-order valence-electron chi connectivity index (χ3n) is 2.94. The Morgan fingerprint density at radius 1 is 1.71 bits per heavy atom. The number of aromatic amines is 1. The highest BCUT2D eigenvalue weighted by Crippen LogP contribution is 2.34. The maximum atomic E-state index is 8.84. The second-order valence-electron chi connectivity index (χ2n) is 3.71. The standard InChI is InChI=1S/C11H12N2S/c1-2-7-3-4-8-5-9(6-12)11(14)13-10(7)8/h5,7H,2-4H2,1H3,(H,13,14). The van der Waals surface area contributed by atoms with Crippen LogP contribution >= 0.6 is 12.2 Å². The summed E-state index contributed by atoms with van der Waals surface area (Å²) < 4.78 is 0.589. The molecule has 1 heterocycles. The molecule has 3 heteroatoms. The molecule has 1 N–H and O–H groups in total. The molecule has 72 valence electrons. The molecule has 0 spiro atoms. The highest BCUT2D eigenvalue weighted by atomic mass is 32.1. The summed E-state index contributed by atoms with van der Waals surface area (Å²) in [6, 6.07) is 4.07. The van der Waals surface area contributed by atoms with E-state index in [0.717, 1.165) is 12.8 Å². The van der Waals surface area contributed by atoms with Crippen molar-refractivity contribution in [2.45, 2.75) is 32.1 Å². The van der Waals surface area contributed by atoms with Crippen molar-refractivity contribution in [2.75, 3.05) is 0 Å². The van der Waals surface area contributed by atoms with Crippen molar-refractivity contribution in [3.05, 3.63) is 27.5 Å². The van der Waals surface area contributed by atoms with Gasteiger partial charge in [-0.2, -0.15) is 5.26 Å². The Kier molecular flexibility index (Phi) is 2.39. The number of pyridine rings is 1. The number of hydrogen-bond donors (Lipinski definition) is 1. The molecule has 1 atom stereocenters. The van der Waals surface area contributed by atoms with E-state index in [4.69, 9.17) is 17.5 Å². The lowest BCUT2D eigenvalue weighted by Gasteiger charge is -2.07. The van der Waals surface area contributed by atoms with Gasteiger partial charge in [-0.1, -0.05) is 19.1 Å². The van der Waals surface area contributed by atoms with Crippen LogP contribution in [0, 0.1) is 16.0 Å². The second kappa shape index (κ2) is 3.55. The topological polar surface area (TPSA) is 39.6 Å². The van der Waals surface area contributed by atoms with Crippen LogP contribution in [0.25, 0.3) is 0 Å². The molecule has 1 aromatic rings. The normalized spacial score (nSPS) is 19.0. The Morgan fingerprint density at radius 3 is 3.14 bits per heavy atom. The van der Waals surface area contributed by atoms with Crippen LogP contribution in [-0.4, -0.2) is 4.98 Å². The number of nitrogens with zero attached hydrogens (tertiary/aromatic N) is 1. The Morgan fingerprint density at radius 2 is 2.50 bits per heavy atom. The summed E-state index contributed by atoms with van der Waals surface area (Å²) in [6.07, 6.45) is 3.41.